The molecule has 0 spiro atoms. The third kappa shape index (κ3) is 7.42. The van der Waals surface area contributed by atoms with Crippen LogP contribution >= 0.6 is 0 Å². The molecule has 7 heteroatoms. The molecule has 0 saturated heterocycles. The smallest absolute Gasteiger partial charge is 0.236 e. The summed E-state index contributed by atoms with van der Waals surface area (Å²) < 4.78 is 33.2. The molecule has 0 amide bonds. The molecule has 0 aromatic heterocycles. The summed E-state index contributed by atoms with van der Waals surface area (Å²) in [5, 5.41) is 0. The zero-order valence-electron chi connectivity index (χ0n) is 14.9. The number of rotatable bonds is 6. The molecule has 0 fully saturated rings. The van der Waals surface area contributed by atoms with Crippen molar-refractivity contribution in [1.29, 1.82) is 0 Å². The highest BCUT2D eigenvalue weighted by molar-refractivity contribution is 7.85. The molecule has 0 saturated carbocycles. The van der Waals surface area contributed by atoms with Crippen LogP contribution in [0.2, 0.25) is 0 Å². The van der Waals surface area contributed by atoms with E-state index in [-0.39, 0.29) is 4.90 Å². The Hall–Kier alpha value is -1.44. The van der Waals surface area contributed by atoms with E-state index in [1.54, 1.807) is 6.07 Å². The van der Waals surface area contributed by atoms with Gasteiger partial charge in [-0.05, 0) is 32.4 Å². The quantitative estimate of drug-likeness (QED) is 0.577. The van der Waals surface area contributed by atoms with Gasteiger partial charge in [0.2, 0.25) is 6.34 Å². The van der Waals surface area contributed by atoms with Gasteiger partial charge in [0, 0.05) is 6.54 Å². The number of unbranched alkanes of at least 4 members (excludes halogenated alkanes) is 1. The summed E-state index contributed by atoms with van der Waals surface area (Å²) in [7, 11) is -4.25. The van der Waals surface area contributed by atoms with Crippen LogP contribution in [0.5, 0.6) is 0 Å². The van der Waals surface area contributed by atoms with Crippen molar-refractivity contribution in [2.45, 2.75) is 38.5 Å². The van der Waals surface area contributed by atoms with Crippen LogP contribution in [0.25, 0.3) is 0 Å². The maximum atomic E-state index is 10.3. The van der Waals surface area contributed by atoms with Gasteiger partial charge in [0.15, 0.2) is 0 Å². The van der Waals surface area contributed by atoms with Gasteiger partial charge < -0.3 is 4.55 Å². The summed E-state index contributed by atoms with van der Waals surface area (Å²) in [5.74, 6) is 0. The number of nitrogens with zero attached hydrogens (tertiary/aromatic N) is 3. The first kappa shape index (κ1) is 20.6. The normalized spacial score (nSPS) is 15.5. The minimum absolute atomic E-state index is 0.185. The molecule has 0 unspecified atom stereocenters. The maximum absolute atomic E-state index is 10.3. The first-order chi connectivity index (χ1) is 11.4. The number of benzene rings is 1. The van der Waals surface area contributed by atoms with Gasteiger partial charge in [0.25, 0.3) is 0 Å². The summed E-state index contributed by atoms with van der Waals surface area (Å²) in [6.07, 6.45) is 4.87. The van der Waals surface area contributed by atoms with E-state index in [4.69, 9.17) is 0 Å². The second-order valence-electron chi connectivity index (χ2n) is 5.72. The Labute approximate surface area is 146 Å². The van der Waals surface area contributed by atoms with Gasteiger partial charge in [0.05, 0.1) is 18.0 Å². The van der Waals surface area contributed by atoms with Crippen molar-refractivity contribution >= 4 is 16.5 Å². The minimum Gasteiger partial charge on any atom is -0.744 e. The van der Waals surface area contributed by atoms with Crippen LogP contribution < -0.4 is 0 Å². The maximum Gasteiger partial charge on any atom is 0.236 e. The Morgan fingerprint density at radius 2 is 1.83 bits per heavy atom. The lowest BCUT2D eigenvalue weighted by Gasteiger charge is -2.29. The molecular formula is C17H29N3O3S. The summed E-state index contributed by atoms with van der Waals surface area (Å²) in [6.45, 7) is 12.3. The SMILES string of the molecule is CCCCN1CN(CC)C=[N+](CC)C1.O=S(=O)([O-])c1ccccc1. The standard InChI is InChI=1S/C11H24N3.C6H6O3S/c1-4-7-8-14-10-12(5-2)9-13(6-3)11-14;7-10(8,9)6-4-2-1-3-5-6/h9H,4-8,10-11H2,1-3H3;1-5H,(H,7,8,9)/q+1;/p-1. The lowest BCUT2D eigenvalue weighted by Crippen LogP contribution is -2.48. The lowest BCUT2D eigenvalue weighted by atomic mass is 10.3. The molecule has 1 aromatic carbocycles. The van der Waals surface area contributed by atoms with Crippen molar-refractivity contribution < 1.29 is 17.5 Å². The molecule has 136 valence electrons. The second-order valence-corrected chi connectivity index (χ2v) is 7.10. The van der Waals surface area contributed by atoms with Crippen molar-refractivity contribution in [1.82, 2.24) is 9.80 Å². The van der Waals surface area contributed by atoms with Gasteiger partial charge in [-0.3, -0.25) is 9.48 Å². The average molecular weight is 356 g/mol. The van der Waals surface area contributed by atoms with Gasteiger partial charge in [-0.25, -0.2) is 13.3 Å². The Kier molecular flexibility index (Phi) is 8.95. The van der Waals surface area contributed by atoms with Crippen LogP contribution in [0.15, 0.2) is 35.2 Å². The Morgan fingerprint density at radius 3 is 2.29 bits per heavy atom. The molecule has 0 atom stereocenters. The van der Waals surface area contributed by atoms with Gasteiger partial charge in [-0.2, -0.15) is 0 Å². The molecule has 6 nitrogen and oxygen atoms in total. The molecule has 24 heavy (non-hydrogen) atoms. The molecule has 1 aromatic rings. The Balaban J connectivity index is 0.000000254. The van der Waals surface area contributed by atoms with Gasteiger partial charge >= 0.3 is 0 Å². The summed E-state index contributed by atoms with van der Waals surface area (Å²) in [5.41, 5.74) is 0. The monoisotopic (exact) mass is 355 g/mol. The molecule has 0 aliphatic carbocycles. The molecule has 1 aliphatic rings. The van der Waals surface area contributed by atoms with Crippen molar-refractivity contribution in [3.8, 4) is 0 Å². The fourth-order valence-electron chi connectivity index (χ4n) is 2.34. The van der Waals surface area contributed by atoms with Crippen LogP contribution in [0, 0.1) is 0 Å². The molecule has 2 rings (SSSR count). The predicted octanol–water partition coefficient (Wildman–Crippen LogP) is 1.99. The summed E-state index contributed by atoms with van der Waals surface area (Å²) >= 11 is 0. The van der Waals surface area contributed by atoms with Crippen LogP contribution in [0.3, 0.4) is 0 Å². The fourth-order valence-corrected chi connectivity index (χ4v) is 2.83. The van der Waals surface area contributed by atoms with Gasteiger partial charge in [-0.15, -0.1) is 0 Å². The summed E-state index contributed by atoms with van der Waals surface area (Å²) in [6, 6.07) is 7.19. The predicted molar refractivity (Wildman–Crippen MR) is 95.0 cm³/mol. The van der Waals surface area contributed by atoms with Gasteiger partial charge in [-0.1, -0.05) is 31.5 Å². The topological polar surface area (TPSA) is 66.7 Å². The van der Waals surface area contributed by atoms with Crippen LogP contribution in [0.1, 0.15) is 33.6 Å². The molecule has 0 radical (unpaired) electrons. The first-order valence-corrected chi connectivity index (χ1v) is 9.87. The third-order valence-corrected chi connectivity index (χ3v) is 4.61. The van der Waals surface area contributed by atoms with E-state index in [9.17, 15) is 13.0 Å². The van der Waals surface area contributed by atoms with E-state index in [0.29, 0.717) is 0 Å². The molecule has 1 aliphatic heterocycles. The van der Waals surface area contributed by atoms with E-state index in [1.807, 2.05) is 0 Å². The highest BCUT2D eigenvalue weighted by Crippen LogP contribution is 2.05. The van der Waals surface area contributed by atoms with Crippen molar-refractivity contribution in [2.24, 2.45) is 0 Å². The average Bonchev–Trinajstić information content (AvgIpc) is 2.60. The van der Waals surface area contributed by atoms with E-state index < -0.39 is 10.1 Å². The highest BCUT2D eigenvalue weighted by Gasteiger charge is 2.20. The Bertz CT molecular complexity index is 603. The third-order valence-electron chi connectivity index (χ3n) is 3.76. The van der Waals surface area contributed by atoms with E-state index in [0.717, 1.165) is 26.4 Å². The first-order valence-electron chi connectivity index (χ1n) is 8.47. The molecule has 1 heterocycles. The molecule has 0 bridgehead atoms. The molecule has 0 N–H and O–H groups in total. The zero-order valence-corrected chi connectivity index (χ0v) is 15.7. The van der Waals surface area contributed by atoms with Crippen molar-refractivity contribution in [3.05, 3.63) is 30.3 Å². The van der Waals surface area contributed by atoms with E-state index in [2.05, 4.69) is 41.5 Å². The second kappa shape index (κ2) is 10.4. The van der Waals surface area contributed by atoms with E-state index in [1.165, 1.54) is 43.7 Å². The summed E-state index contributed by atoms with van der Waals surface area (Å²) in [4.78, 5) is 4.72. The number of hydrogen-bond donors (Lipinski definition) is 0. The Morgan fingerprint density at radius 1 is 1.17 bits per heavy atom. The van der Waals surface area contributed by atoms with Crippen LogP contribution in [0.4, 0.5) is 0 Å². The highest BCUT2D eigenvalue weighted by atomic mass is 32.2. The van der Waals surface area contributed by atoms with Crippen molar-refractivity contribution in [3.63, 3.8) is 0 Å². The number of hydrogen-bond acceptors (Lipinski definition) is 5. The van der Waals surface area contributed by atoms with Crippen LogP contribution in [-0.2, 0) is 10.1 Å². The van der Waals surface area contributed by atoms with E-state index >= 15 is 0 Å². The fraction of sp³-hybridized carbons (Fsp3) is 0.588. The largest absolute Gasteiger partial charge is 0.744 e. The van der Waals surface area contributed by atoms with Gasteiger partial charge in [0.1, 0.15) is 23.5 Å². The minimum atomic E-state index is -4.25. The van der Waals surface area contributed by atoms with Crippen LogP contribution in [-0.4, -0.2) is 66.7 Å². The van der Waals surface area contributed by atoms with Crippen molar-refractivity contribution in [2.75, 3.05) is 33.0 Å². The zero-order chi connectivity index (χ0) is 18.0. The molecular weight excluding hydrogens is 326 g/mol. The lowest BCUT2D eigenvalue weighted by molar-refractivity contribution is -0.554.